The Morgan fingerprint density at radius 3 is 2.10 bits per heavy atom. The number of rotatable bonds is 6. The topological polar surface area (TPSA) is 44.8 Å². The zero-order valence-electron chi connectivity index (χ0n) is 11.2. The molecule has 0 heterocycles. The Morgan fingerprint density at radius 1 is 0.900 bits per heavy atom. The molecule has 0 amide bonds. The van der Waals surface area contributed by atoms with Crippen molar-refractivity contribution in [3.05, 3.63) is 60.2 Å². The molecule has 0 fully saturated rings. The standard InChI is InChI=1S/C16H16O4/c1-18-16(17)12-20-15-9-7-14(8-10-15)19-11-13-5-3-2-4-6-13/h2-10H,11-12H2,1H3. The van der Waals surface area contributed by atoms with Crippen molar-refractivity contribution in [2.45, 2.75) is 6.61 Å². The summed E-state index contributed by atoms with van der Waals surface area (Å²) in [5.41, 5.74) is 1.11. The molecule has 0 unspecified atom stereocenters. The van der Waals surface area contributed by atoms with E-state index < -0.39 is 5.97 Å². The molecule has 2 rings (SSSR count). The molecule has 0 N–H and O–H groups in total. The largest absolute Gasteiger partial charge is 0.489 e. The van der Waals surface area contributed by atoms with Crippen LogP contribution in [-0.4, -0.2) is 19.7 Å². The SMILES string of the molecule is COC(=O)COc1ccc(OCc2ccccc2)cc1. The monoisotopic (exact) mass is 272 g/mol. The number of carbonyl (C=O) groups excluding carboxylic acids is 1. The Morgan fingerprint density at radius 2 is 1.50 bits per heavy atom. The van der Waals surface area contributed by atoms with E-state index in [0.29, 0.717) is 12.4 Å². The van der Waals surface area contributed by atoms with Crippen molar-refractivity contribution < 1.29 is 19.0 Å². The summed E-state index contributed by atoms with van der Waals surface area (Å²) in [6.07, 6.45) is 0. The average Bonchev–Trinajstić information content (AvgIpc) is 2.52. The summed E-state index contributed by atoms with van der Waals surface area (Å²) in [5, 5.41) is 0. The lowest BCUT2D eigenvalue weighted by atomic mass is 10.2. The van der Waals surface area contributed by atoms with Crippen LogP contribution < -0.4 is 9.47 Å². The van der Waals surface area contributed by atoms with Gasteiger partial charge in [0.1, 0.15) is 18.1 Å². The van der Waals surface area contributed by atoms with Gasteiger partial charge in [0.2, 0.25) is 0 Å². The van der Waals surface area contributed by atoms with Crippen LogP contribution in [0.4, 0.5) is 0 Å². The van der Waals surface area contributed by atoms with Gasteiger partial charge in [0.25, 0.3) is 0 Å². The van der Waals surface area contributed by atoms with E-state index in [4.69, 9.17) is 9.47 Å². The predicted molar refractivity (Wildman–Crippen MR) is 74.7 cm³/mol. The predicted octanol–water partition coefficient (Wildman–Crippen LogP) is 2.82. The second kappa shape index (κ2) is 7.19. The zero-order chi connectivity index (χ0) is 14.2. The molecule has 0 aliphatic heterocycles. The van der Waals surface area contributed by atoms with Gasteiger partial charge in [-0.05, 0) is 29.8 Å². The molecule has 20 heavy (non-hydrogen) atoms. The highest BCUT2D eigenvalue weighted by Gasteiger charge is 2.02. The van der Waals surface area contributed by atoms with Gasteiger partial charge >= 0.3 is 5.97 Å². The van der Waals surface area contributed by atoms with Crippen LogP contribution >= 0.6 is 0 Å². The second-order valence-electron chi connectivity index (χ2n) is 4.11. The number of benzene rings is 2. The number of esters is 1. The summed E-state index contributed by atoms with van der Waals surface area (Å²) in [4.78, 5) is 10.9. The first-order chi connectivity index (χ1) is 9.78. The number of methoxy groups -OCH3 is 1. The van der Waals surface area contributed by atoms with Gasteiger partial charge in [0.05, 0.1) is 7.11 Å². The number of ether oxygens (including phenoxy) is 3. The fourth-order valence-electron chi connectivity index (χ4n) is 1.57. The van der Waals surface area contributed by atoms with E-state index in [9.17, 15) is 4.79 Å². The van der Waals surface area contributed by atoms with Crippen LogP contribution in [0.15, 0.2) is 54.6 Å². The van der Waals surface area contributed by atoms with Crippen molar-refractivity contribution in [1.82, 2.24) is 0 Å². The molecule has 0 aliphatic carbocycles. The van der Waals surface area contributed by atoms with Crippen LogP contribution in [0.1, 0.15) is 5.56 Å². The maximum Gasteiger partial charge on any atom is 0.343 e. The summed E-state index contributed by atoms with van der Waals surface area (Å²) >= 11 is 0. The van der Waals surface area contributed by atoms with Crippen LogP contribution in [0.5, 0.6) is 11.5 Å². The molecule has 104 valence electrons. The Labute approximate surface area is 117 Å². The molecule has 4 nitrogen and oxygen atoms in total. The number of hydrogen-bond acceptors (Lipinski definition) is 4. The van der Waals surface area contributed by atoms with Gasteiger partial charge in [-0.1, -0.05) is 30.3 Å². The Hall–Kier alpha value is -2.49. The van der Waals surface area contributed by atoms with Gasteiger partial charge in [0.15, 0.2) is 6.61 Å². The minimum absolute atomic E-state index is 0.0965. The summed E-state index contributed by atoms with van der Waals surface area (Å²) in [5.74, 6) is 0.941. The lowest BCUT2D eigenvalue weighted by Gasteiger charge is -2.08. The van der Waals surface area contributed by atoms with E-state index in [2.05, 4.69) is 4.74 Å². The molecule has 4 heteroatoms. The first-order valence-electron chi connectivity index (χ1n) is 6.24. The third-order valence-electron chi connectivity index (χ3n) is 2.66. The van der Waals surface area contributed by atoms with Gasteiger partial charge in [-0.2, -0.15) is 0 Å². The molecule has 0 aromatic heterocycles. The minimum Gasteiger partial charge on any atom is -0.489 e. The highest BCUT2D eigenvalue weighted by molar-refractivity contribution is 5.70. The fraction of sp³-hybridized carbons (Fsp3) is 0.188. The maximum atomic E-state index is 10.9. The smallest absolute Gasteiger partial charge is 0.343 e. The van der Waals surface area contributed by atoms with Crippen LogP contribution in [0, 0.1) is 0 Å². The van der Waals surface area contributed by atoms with E-state index in [0.717, 1.165) is 11.3 Å². The van der Waals surface area contributed by atoms with Crippen molar-refractivity contribution in [2.24, 2.45) is 0 Å². The molecule has 0 aliphatic rings. The van der Waals surface area contributed by atoms with Crippen LogP contribution in [0.2, 0.25) is 0 Å². The lowest BCUT2D eigenvalue weighted by molar-refractivity contribution is -0.142. The van der Waals surface area contributed by atoms with E-state index in [-0.39, 0.29) is 6.61 Å². The summed E-state index contributed by atoms with van der Waals surface area (Å²) in [6, 6.07) is 17.0. The van der Waals surface area contributed by atoms with E-state index in [1.54, 1.807) is 24.3 Å². The number of carbonyl (C=O) groups is 1. The second-order valence-corrected chi connectivity index (χ2v) is 4.11. The van der Waals surface area contributed by atoms with Crippen LogP contribution in [0.3, 0.4) is 0 Å². The molecule has 0 bridgehead atoms. The van der Waals surface area contributed by atoms with Crippen molar-refractivity contribution in [1.29, 1.82) is 0 Å². The van der Waals surface area contributed by atoms with E-state index in [1.807, 2.05) is 30.3 Å². The Bertz CT molecular complexity index is 534. The zero-order valence-corrected chi connectivity index (χ0v) is 11.2. The molecule has 0 spiro atoms. The maximum absolute atomic E-state index is 10.9. The summed E-state index contributed by atoms with van der Waals surface area (Å²) in [6.45, 7) is 0.421. The first kappa shape index (κ1) is 13.9. The van der Waals surface area contributed by atoms with Gasteiger partial charge < -0.3 is 14.2 Å². The molecule has 2 aromatic rings. The summed E-state index contributed by atoms with van der Waals surface area (Å²) < 4.78 is 15.4. The van der Waals surface area contributed by atoms with Gasteiger partial charge in [0, 0.05) is 0 Å². The summed E-state index contributed by atoms with van der Waals surface area (Å²) in [7, 11) is 1.33. The van der Waals surface area contributed by atoms with Crippen LogP contribution in [-0.2, 0) is 16.1 Å². The van der Waals surface area contributed by atoms with Gasteiger partial charge in [-0.15, -0.1) is 0 Å². The fourth-order valence-corrected chi connectivity index (χ4v) is 1.57. The van der Waals surface area contributed by atoms with Gasteiger partial charge in [-0.3, -0.25) is 0 Å². The Balaban J connectivity index is 1.84. The third-order valence-corrected chi connectivity index (χ3v) is 2.66. The molecular formula is C16H16O4. The van der Waals surface area contributed by atoms with Crippen LogP contribution in [0.25, 0.3) is 0 Å². The Kier molecular flexibility index (Phi) is 5.00. The average molecular weight is 272 g/mol. The van der Waals surface area contributed by atoms with Crippen molar-refractivity contribution in [2.75, 3.05) is 13.7 Å². The molecular weight excluding hydrogens is 256 g/mol. The molecule has 2 aromatic carbocycles. The molecule has 0 radical (unpaired) electrons. The van der Waals surface area contributed by atoms with E-state index >= 15 is 0 Å². The van der Waals surface area contributed by atoms with Crippen molar-refractivity contribution >= 4 is 5.97 Å². The molecule has 0 saturated carbocycles. The highest BCUT2D eigenvalue weighted by atomic mass is 16.6. The minimum atomic E-state index is -0.408. The molecule has 0 atom stereocenters. The molecule has 0 saturated heterocycles. The van der Waals surface area contributed by atoms with Crippen molar-refractivity contribution in [3.8, 4) is 11.5 Å². The normalized spacial score (nSPS) is 9.85. The third kappa shape index (κ3) is 4.31. The van der Waals surface area contributed by atoms with Crippen molar-refractivity contribution in [3.63, 3.8) is 0 Å². The first-order valence-corrected chi connectivity index (χ1v) is 6.24. The van der Waals surface area contributed by atoms with Gasteiger partial charge in [-0.25, -0.2) is 4.79 Å². The van der Waals surface area contributed by atoms with E-state index in [1.165, 1.54) is 7.11 Å². The quantitative estimate of drug-likeness (QED) is 0.758. The lowest BCUT2D eigenvalue weighted by Crippen LogP contribution is -2.12. The number of hydrogen-bond donors (Lipinski definition) is 0. The highest BCUT2D eigenvalue weighted by Crippen LogP contribution is 2.18.